The van der Waals surface area contributed by atoms with Gasteiger partial charge in [0.05, 0.1) is 6.10 Å². The number of benzene rings is 1. The molecule has 0 aliphatic heterocycles. The average Bonchev–Trinajstić information content (AvgIpc) is 2.81. The largest absolute Gasteiger partial charge is 0.387 e. The van der Waals surface area contributed by atoms with Gasteiger partial charge in [-0.15, -0.1) is 0 Å². The van der Waals surface area contributed by atoms with Crippen LogP contribution in [0.25, 0.3) is 0 Å². The highest BCUT2D eigenvalue weighted by Crippen LogP contribution is 2.10. The zero-order chi connectivity index (χ0) is 12.8. The standard InChI is InChI=1S/C14H19N3O/c1-17-13(8-10-16-17)7-9-15-11-14(18)12-5-3-2-4-6-12/h2-6,8,10,14-15,18H,7,9,11H2,1H3. The number of nitrogens with zero attached hydrogens (tertiary/aromatic N) is 2. The Morgan fingerprint density at radius 2 is 2.06 bits per heavy atom. The van der Waals surface area contributed by atoms with Gasteiger partial charge in [0.25, 0.3) is 0 Å². The second kappa shape index (κ2) is 6.33. The summed E-state index contributed by atoms with van der Waals surface area (Å²) in [5, 5.41) is 17.3. The third-order valence-corrected chi connectivity index (χ3v) is 3.00. The van der Waals surface area contributed by atoms with Gasteiger partial charge in [0.1, 0.15) is 0 Å². The van der Waals surface area contributed by atoms with Crippen LogP contribution in [0.3, 0.4) is 0 Å². The van der Waals surface area contributed by atoms with Gasteiger partial charge in [-0.25, -0.2) is 0 Å². The summed E-state index contributed by atoms with van der Waals surface area (Å²) in [6, 6.07) is 11.7. The minimum atomic E-state index is -0.447. The number of nitrogens with one attached hydrogen (secondary N) is 1. The maximum Gasteiger partial charge on any atom is 0.0914 e. The molecule has 96 valence electrons. The Balaban J connectivity index is 1.71. The second-order valence-corrected chi connectivity index (χ2v) is 4.33. The molecule has 2 rings (SSSR count). The van der Waals surface area contributed by atoms with Crippen LogP contribution in [0.1, 0.15) is 17.4 Å². The fourth-order valence-corrected chi connectivity index (χ4v) is 1.89. The van der Waals surface area contributed by atoms with E-state index in [2.05, 4.69) is 10.4 Å². The molecule has 0 saturated carbocycles. The molecular formula is C14H19N3O. The van der Waals surface area contributed by atoms with Crippen LogP contribution in [0.5, 0.6) is 0 Å². The lowest BCUT2D eigenvalue weighted by Crippen LogP contribution is -2.24. The highest BCUT2D eigenvalue weighted by Gasteiger charge is 2.05. The molecule has 4 heteroatoms. The van der Waals surface area contributed by atoms with Crippen molar-refractivity contribution in [1.82, 2.24) is 15.1 Å². The van der Waals surface area contributed by atoms with Gasteiger partial charge in [0.2, 0.25) is 0 Å². The van der Waals surface area contributed by atoms with Crippen molar-refractivity contribution in [3.63, 3.8) is 0 Å². The molecule has 0 aliphatic rings. The molecule has 0 bridgehead atoms. The molecule has 1 unspecified atom stereocenters. The van der Waals surface area contributed by atoms with E-state index in [9.17, 15) is 5.11 Å². The summed E-state index contributed by atoms with van der Waals surface area (Å²) in [5.41, 5.74) is 2.14. The molecule has 0 aliphatic carbocycles. The number of hydrogen-bond acceptors (Lipinski definition) is 3. The lowest BCUT2D eigenvalue weighted by atomic mass is 10.1. The number of rotatable bonds is 6. The molecule has 1 heterocycles. The maximum atomic E-state index is 9.95. The van der Waals surface area contributed by atoms with E-state index in [-0.39, 0.29) is 0 Å². The molecule has 0 amide bonds. The van der Waals surface area contributed by atoms with Gasteiger partial charge < -0.3 is 10.4 Å². The van der Waals surface area contributed by atoms with Crippen LogP contribution >= 0.6 is 0 Å². The summed E-state index contributed by atoms with van der Waals surface area (Å²) >= 11 is 0. The lowest BCUT2D eigenvalue weighted by molar-refractivity contribution is 0.175. The van der Waals surface area contributed by atoms with E-state index in [1.165, 1.54) is 5.69 Å². The molecule has 1 aromatic heterocycles. The molecule has 2 aromatic rings. The Hall–Kier alpha value is -1.65. The number of hydrogen-bond donors (Lipinski definition) is 2. The Bertz CT molecular complexity index is 467. The number of aromatic nitrogens is 2. The SMILES string of the molecule is Cn1nccc1CCNCC(O)c1ccccc1. The van der Waals surface area contributed by atoms with Gasteiger partial charge in [-0.2, -0.15) is 5.10 Å². The maximum absolute atomic E-state index is 9.95. The average molecular weight is 245 g/mol. The molecule has 18 heavy (non-hydrogen) atoms. The van der Waals surface area contributed by atoms with Crippen molar-refractivity contribution < 1.29 is 5.11 Å². The zero-order valence-electron chi connectivity index (χ0n) is 10.6. The summed E-state index contributed by atoms with van der Waals surface area (Å²) in [6.07, 6.45) is 2.27. The van der Waals surface area contributed by atoms with Gasteiger partial charge in [0, 0.05) is 38.4 Å². The van der Waals surface area contributed by atoms with E-state index in [4.69, 9.17) is 0 Å². The van der Waals surface area contributed by atoms with E-state index in [1.54, 1.807) is 6.20 Å². The van der Waals surface area contributed by atoms with Crippen LogP contribution < -0.4 is 5.32 Å². The first-order valence-electron chi connectivity index (χ1n) is 6.18. The normalized spacial score (nSPS) is 12.6. The minimum Gasteiger partial charge on any atom is -0.387 e. The topological polar surface area (TPSA) is 50.1 Å². The summed E-state index contributed by atoms with van der Waals surface area (Å²) in [5.74, 6) is 0. The van der Waals surface area contributed by atoms with E-state index in [0.29, 0.717) is 6.54 Å². The fraction of sp³-hybridized carbons (Fsp3) is 0.357. The Morgan fingerprint density at radius 3 is 2.72 bits per heavy atom. The van der Waals surface area contributed by atoms with Gasteiger partial charge in [-0.1, -0.05) is 30.3 Å². The number of aliphatic hydroxyl groups is 1. The first kappa shape index (κ1) is 12.8. The van der Waals surface area contributed by atoms with Crippen LogP contribution in [0, 0.1) is 0 Å². The Kier molecular flexibility index (Phi) is 4.50. The number of aliphatic hydroxyl groups excluding tert-OH is 1. The quantitative estimate of drug-likeness (QED) is 0.754. The minimum absolute atomic E-state index is 0.447. The zero-order valence-corrected chi connectivity index (χ0v) is 10.6. The molecule has 0 saturated heterocycles. The van der Waals surface area contributed by atoms with Crippen molar-refractivity contribution in [3.05, 3.63) is 53.9 Å². The molecule has 1 aromatic carbocycles. The van der Waals surface area contributed by atoms with Crippen molar-refractivity contribution in [3.8, 4) is 0 Å². The molecule has 0 fully saturated rings. The van der Waals surface area contributed by atoms with Gasteiger partial charge in [-0.3, -0.25) is 4.68 Å². The molecular weight excluding hydrogens is 226 g/mol. The number of aryl methyl sites for hydroxylation is 1. The molecule has 0 spiro atoms. The molecule has 4 nitrogen and oxygen atoms in total. The van der Waals surface area contributed by atoms with Gasteiger partial charge in [-0.05, 0) is 11.6 Å². The van der Waals surface area contributed by atoms with Crippen LogP contribution in [-0.4, -0.2) is 28.0 Å². The predicted octanol–water partition coefficient (Wildman–Crippen LogP) is 1.29. The molecule has 0 radical (unpaired) electrons. The first-order valence-corrected chi connectivity index (χ1v) is 6.18. The summed E-state index contributed by atoms with van der Waals surface area (Å²) in [4.78, 5) is 0. The monoisotopic (exact) mass is 245 g/mol. The lowest BCUT2D eigenvalue weighted by Gasteiger charge is -2.12. The third kappa shape index (κ3) is 3.42. The third-order valence-electron chi connectivity index (χ3n) is 3.00. The summed E-state index contributed by atoms with van der Waals surface area (Å²) in [7, 11) is 1.94. The summed E-state index contributed by atoms with van der Waals surface area (Å²) < 4.78 is 1.87. The van der Waals surface area contributed by atoms with Crippen molar-refractivity contribution in [2.75, 3.05) is 13.1 Å². The van der Waals surface area contributed by atoms with E-state index in [0.717, 1.165) is 18.5 Å². The Morgan fingerprint density at radius 1 is 1.28 bits per heavy atom. The fourth-order valence-electron chi connectivity index (χ4n) is 1.89. The Labute approximate surface area is 107 Å². The smallest absolute Gasteiger partial charge is 0.0914 e. The van der Waals surface area contributed by atoms with E-state index >= 15 is 0 Å². The van der Waals surface area contributed by atoms with Crippen molar-refractivity contribution in [1.29, 1.82) is 0 Å². The van der Waals surface area contributed by atoms with Crippen LogP contribution in [0.4, 0.5) is 0 Å². The highest BCUT2D eigenvalue weighted by atomic mass is 16.3. The van der Waals surface area contributed by atoms with Crippen LogP contribution in [0.2, 0.25) is 0 Å². The summed E-state index contributed by atoms with van der Waals surface area (Å²) in [6.45, 7) is 1.41. The van der Waals surface area contributed by atoms with E-state index in [1.807, 2.05) is 48.1 Å². The second-order valence-electron chi connectivity index (χ2n) is 4.33. The van der Waals surface area contributed by atoms with Crippen LogP contribution in [0.15, 0.2) is 42.6 Å². The van der Waals surface area contributed by atoms with Gasteiger partial charge in [0.15, 0.2) is 0 Å². The van der Waals surface area contributed by atoms with Crippen molar-refractivity contribution in [2.24, 2.45) is 7.05 Å². The van der Waals surface area contributed by atoms with E-state index < -0.39 is 6.10 Å². The molecule has 1 atom stereocenters. The predicted molar refractivity (Wildman–Crippen MR) is 71.2 cm³/mol. The molecule has 2 N–H and O–H groups in total. The highest BCUT2D eigenvalue weighted by molar-refractivity contribution is 5.17. The van der Waals surface area contributed by atoms with Crippen molar-refractivity contribution >= 4 is 0 Å². The van der Waals surface area contributed by atoms with Crippen LogP contribution in [-0.2, 0) is 13.5 Å². The van der Waals surface area contributed by atoms with Gasteiger partial charge >= 0.3 is 0 Å². The van der Waals surface area contributed by atoms with Crippen molar-refractivity contribution in [2.45, 2.75) is 12.5 Å². The first-order chi connectivity index (χ1) is 8.77.